The van der Waals surface area contributed by atoms with Gasteiger partial charge in [0.15, 0.2) is 22.6 Å². The van der Waals surface area contributed by atoms with Crippen LogP contribution in [-0.4, -0.2) is 45.1 Å². The van der Waals surface area contributed by atoms with Crippen molar-refractivity contribution in [3.8, 4) is 17.2 Å². The molecule has 13 heteroatoms. The molecule has 1 atom stereocenters. The van der Waals surface area contributed by atoms with Crippen molar-refractivity contribution in [3.05, 3.63) is 65.4 Å². The van der Waals surface area contributed by atoms with Crippen LogP contribution in [0, 0.1) is 0 Å². The lowest BCUT2D eigenvalue weighted by Gasteiger charge is -2.23. The Kier molecular flexibility index (Phi) is 7.45. The van der Waals surface area contributed by atoms with E-state index in [2.05, 4.69) is 25.9 Å². The lowest BCUT2D eigenvalue weighted by Crippen LogP contribution is -2.19. The van der Waals surface area contributed by atoms with E-state index in [9.17, 15) is 9.00 Å². The Morgan fingerprint density at radius 2 is 1.89 bits per heavy atom. The fourth-order valence-electron chi connectivity index (χ4n) is 3.95. The average molecular weight is 556 g/mol. The molecule has 1 aliphatic heterocycles. The van der Waals surface area contributed by atoms with E-state index in [1.807, 2.05) is 0 Å². The van der Waals surface area contributed by atoms with Gasteiger partial charge in [-0.1, -0.05) is 23.7 Å². The van der Waals surface area contributed by atoms with E-state index in [0.29, 0.717) is 69.8 Å². The average Bonchev–Trinajstić information content (AvgIpc) is 2.89. The predicted molar refractivity (Wildman–Crippen MR) is 145 cm³/mol. The van der Waals surface area contributed by atoms with Gasteiger partial charge in [-0.2, -0.15) is 0 Å². The first kappa shape index (κ1) is 25.5. The number of methoxy groups -OCH3 is 1. The number of ether oxygens (including phenoxy) is 3. The van der Waals surface area contributed by atoms with Gasteiger partial charge in [0.1, 0.15) is 25.4 Å². The topological polar surface area (TPSA) is 144 Å². The Morgan fingerprint density at radius 1 is 1.08 bits per heavy atom. The lowest BCUT2D eigenvalue weighted by atomic mass is 10.1. The highest BCUT2D eigenvalue weighted by molar-refractivity contribution is 7.78. The largest absolute Gasteiger partial charge is 0.493 e. The summed E-state index contributed by atoms with van der Waals surface area (Å²) in [6.45, 7) is 0.779. The number of hydrogen-bond acceptors (Lipinski definition) is 8. The van der Waals surface area contributed by atoms with Crippen molar-refractivity contribution >= 4 is 62.5 Å². The minimum atomic E-state index is -1.98. The smallest absolute Gasteiger partial charge is 0.323 e. The fraction of sp³-hybridized carbons (Fsp3) is 0.160. The summed E-state index contributed by atoms with van der Waals surface area (Å²) in [4.78, 5) is 21.2. The molecular formula is C25H22ClN5O6S. The van der Waals surface area contributed by atoms with Crippen LogP contribution < -0.4 is 30.2 Å². The number of urea groups is 1. The predicted octanol–water partition coefficient (Wildman–Crippen LogP) is 5.17. The second-order valence-electron chi connectivity index (χ2n) is 8.12. The Balaban J connectivity index is 1.34. The second-order valence-corrected chi connectivity index (χ2v) is 9.45. The van der Waals surface area contributed by atoms with E-state index in [-0.39, 0.29) is 10.8 Å². The maximum absolute atomic E-state index is 12.5. The molecule has 0 saturated carbocycles. The quantitative estimate of drug-likeness (QED) is 0.227. The van der Waals surface area contributed by atoms with Crippen LogP contribution in [0.5, 0.6) is 17.2 Å². The Hall–Kier alpha value is -4.13. The first-order valence-electron chi connectivity index (χ1n) is 11.3. The molecular weight excluding hydrogens is 534 g/mol. The van der Waals surface area contributed by atoms with Gasteiger partial charge in [0.05, 0.1) is 34.5 Å². The molecule has 0 saturated heterocycles. The molecule has 0 spiro atoms. The number of fused-ring (bicyclic) bond motifs is 3. The molecule has 0 fully saturated rings. The summed E-state index contributed by atoms with van der Waals surface area (Å²) in [7, 11) is 1.55. The van der Waals surface area contributed by atoms with Crippen LogP contribution in [0.3, 0.4) is 0 Å². The number of nitrogens with one attached hydrogen (secondary N) is 3. The highest BCUT2D eigenvalue weighted by Crippen LogP contribution is 2.47. The Bertz CT molecular complexity index is 1550. The number of nitrogens with zero attached hydrogens (tertiary/aromatic N) is 2. The van der Waals surface area contributed by atoms with E-state index in [0.717, 1.165) is 0 Å². The third-order valence-electron chi connectivity index (χ3n) is 5.55. The number of hydrogen-bond donors (Lipinski definition) is 4. The van der Waals surface area contributed by atoms with Gasteiger partial charge in [-0.25, -0.2) is 19.0 Å². The minimum Gasteiger partial charge on any atom is -0.493 e. The molecule has 4 N–H and O–H groups in total. The Morgan fingerprint density at radius 3 is 2.66 bits per heavy atom. The molecule has 4 aromatic rings. The lowest BCUT2D eigenvalue weighted by molar-refractivity contribution is 0.167. The molecule has 1 aromatic heterocycles. The zero-order valence-corrected chi connectivity index (χ0v) is 21.6. The van der Waals surface area contributed by atoms with Crippen molar-refractivity contribution in [1.82, 2.24) is 9.97 Å². The number of benzene rings is 3. The standard InChI is InChI=1S/C25H22ClN5O6S/c1-35-20-11-19-21(23-22(20)36-7-8-37-23)24(28-13-27-19)29-16-5-6-18(17(26)10-16)31-25(32)30-15-4-2-3-14(9-15)12-38(33)34/h2-6,9-11,13H,7-8,12H2,1H3,(H,33,34)(H,27,28,29)(H2,30,31,32). The van der Waals surface area contributed by atoms with Crippen LogP contribution in [-0.2, 0) is 16.8 Å². The van der Waals surface area contributed by atoms with Gasteiger partial charge < -0.3 is 34.7 Å². The normalized spacial score (nSPS) is 13.0. The van der Waals surface area contributed by atoms with E-state index in [1.54, 1.807) is 55.6 Å². The zero-order chi connectivity index (χ0) is 26.6. The van der Waals surface area contributed by atoms with Crippen LogP contribution in [0.2, 0.25) is 5.02 Å². The molecule has 1 unspecified atom stereocenters. The molecule has 2 amide bonds. The molecule has 0 bridgehead atoms. The Labute approximate surface area is 224 Å². The molecule has 3 aromatic carbocycles. The van der Waals surface area contributed by atoms with Crippen LogP contribution >= 0.6 is 11.6 Å². The van der Waals surface area contributed by atoms with Crippen LogP contribution in [0.1, 0.15) is 5.56 Å². The zero-order valence-electron chi connectivity index (χ0n) is 20.0. The molecule has 0 radical (unpaired) electrons. The third-order valence-corrected chi connectivity index (χ3v) is 6.45. The molecule has 1 aliphatic rings. The molecule has 2 heterocycles. The second kappa shape index (κ2) is 11.1. The van der Waals surface area contributed by atoms with Gasteiger partial charge >= 0.3 is 6.03 Å². The molecule has 5 rings (SSSR count). The number of carbonyl (C=O) groups is 1. The van der Waals surface area contributed by atoms with Crippen molar-refractivity contribution in [3.63, 3.8) is 0 Å². The fourth-order valence-corrected chi connectivity index (χ4v) is 4.65. The van der Waals surface area contributed by atoms with Crippen molar-refractivity contribution in [2.24, 2.45) is 0 Å². The minimum absolute atomic E-state index is 0.0332. The maximum Gasteiger partial charge on any atom is 0.323 e. The number of halogens is 1. The van der Waals surface area contributed by atoms with Gasteiger partial charge in [0, 0.05) is 17.4 Å². The van der Waals surface area contributed by atoms with Crippen LogP contribution in [0.15, 0.2) is 54.9 Å². The van der Waals surface area contributed by atoms with Crippen LogP contribution in [0.25, 0.3) is 10.9 Å². The number of amides is 2. The number of carbonyl (C=O) groups excluding carboxylic acids is 1. The molecule has 0 aliphatic carbocycles. The highest BCUT2D eigenvalue weighted by Gasteiger charge is 2.24. The van der Waals surface area contributed by atoms with Crippen molar-refractivity contribution in [2.75, 3.05) is 36.3 Å². The number of rotatable bonds is 7. The SMILES string of the molecule is COc1cc2ncnc(Nc3ccc(NC(=O)Nc4cccc(CS(=O)O)c4)c(Cl)c3)c2c2c1OCCO2. The van der Waals surface area contributed by atoms with Gasteiger partial charge in [-0.15, -0.1) is 0 Å². The summed E-state index contributed by atoms with van der Waals surface area (Å²) in [5, 5.41) is 9.54. The van der Waals surface area contributed by atoms with Crippen LogP contribution in [0.4, 0.5) is 27.7 Å². The number of aromatic nitrogens is 2. The molecule has 38 heavy (non-hydrogen) atoms. The van der Waals surface area contributed by atoms with E-state index >= 15 is 0 Å². The third kappa shape index (κ3) is 5.57. The summed E-state index contributed by atoms with van der Waals surface area (Å²) in [5.74, 6) is 1.95. The molecule has 11 nitrogen and oxygen atoms in total. The van der Waals surface area contributed by atoms with Crippen molar-refractivity contribution < 1.29 is 27.8 Å². The maximum atomic E-state index is 12.5. The summed E-state index contributed by atoms with van der Waals surface area (Å²) in [5.41, 5.74) is 2.70. The summed E-state index contributed by atoms with van der Waals surface area (Å²) in [6, 6.07) is 13.0. The van der Waals surface area contributed by atoms with Gasteiger partial charge in [-0.05, 0) is 35.9 Å². The van der Waals surface area contributed by atoms with Gasteiger partial charge in [-0.3, -0.25) is 0 Å². The van der Waals surface area contributed by atoms with E-state index in [1.165, 1.54) is 6.33 Å². The van der Waals surface area contributed by atoms with E-state index in [4.69, 9.17) is 30.4 Å². The first-order valence-corrected chi connectivity index (χ1v) is 13.0. The summed E-state index contributed by atoms with van der Waals surface area (Å²) >= 11 is 4.48. The molecule has 196 valence electrons. The number of anilines is 4. The van der Waals surface area contributed by atoms with Crippen molar-refractivity contribution in [1.29, 1.82) is 0 Å². The van der Waals surface area contributed by atoms with Gasteiger partial charge in [0.2, 0.25) is 5.75 Å². The monoisotopic (exact) mass is 555 g/mol. The summed E-state index contributed by atoms with van der Waals surface area (Å²) < 4.78 is 37.2. The van der Waals surface area contributed by atoms with Gasteiger partial charge in [0.25, 0.3) is 0 Å². The first-order chi connectivity index (χ1) is 18.4. The van der Waals surface area contributed by atoms with Crippen molar-refractivity contribution in [2.45, 2.75) is 5.75 Å². The van der Waals surface area contributed by atoms with E-state index < -0.39 is 17.1 Å². The highest BCUT2D eigenvalue weighted by atomic mass is 35.5. The summed E-state index contributed by atoms with van der Waals surface area (Å²) in [6.07, 6.45) is 1.43.